The number of nitrogens with zero attached hydrogens (tertiary/aromatic N) is 1. The van der Waals surface area contributed by atoms with Crippen molar-refractivity contribution in [3.63, 3.8) is 0 Å². The second kappa shape index (κ2) is 5.11. The number of aliphatic hydroxyl groups excluding tert-OH is 1. The fraction of sp³-hybridized carbons (Fsp3) is 0.500. The predicted molar refractivity (Wildman–Crippen MR) is 58.0 cm³/mol. The van der Waals surface area contributed by atoms with E-state index in [1.807, 2.05) is 0 Å². The molecule has 0 fully saturated rings. The standard InChI is InChI=1S/C8H13ClN4O2/c1-4(14)5(10)2-11-6-3-12-13-8(15)7(6)9/h3-5,14H,2,10H2,1H3,(H2,11,13,15). The molecule has 0 spiro atoms. The monoisotopic (exact) mass is 232 g/mol. The van der Waals surface area contributed by atoms with Crippen LogP contribution in [0.1, 0.15) is 6.92 Å². The van der Waals surface area contributed by atoms with Gasteiger partial charge in [-0.3, -0.25) is 4.79 Å². The molecule has 15 heavy (non-hydrogen) atoms. The molecule has 84 valence electrons. The first-order chi connectivity index (χ1) is 7.02. The molecular weight excluding hydrogens is 220 g/mol. The molecule has 0 saturated heterocycles. The normalized spacial score (nSPS) is 14.7. The second-order valence-corrected chi connectivity index (χ2v) is 3.59. The lowest BCUT2D eigenvalue weighted by molar-refractivity contribution is 0.168. The van der Waals surface area contributed by atoms with E-state index >= 15 is 0 Å². The molecule has 0 amide bonds. The zero-order chi connectivity index (χ0) is 11.4. The summed E-state index contributed by atoms with van der Waals surface area (Å²) < 4.78 is 0. The van der Waals surface area contributed by atoms with Gasteiger partial charge in [0.2, 0.25) is 0 Å². The summed E-state index contributed by atoms with van der Waals surface area (Å²) in [5.41, 5.74) is 5.52. The number of hydrogen-bond donors (Lipinski definition) is 4. The SMILES string of the molecule is CC(O)C(N)CNc1cn[nH]c(=O)c1Cl. The van der Waals surface area contributed by atoms with Crippen molar-refractivity contribution in [2.24, 2.45) is 5.73 Å². The Kier molecular flexibility index (Phi) is 4.07. The van der Waals surface area contributed by atoms with Crippen LogP contribution < -0.4 is 16.6 Å². The quantitative estimate of drug-likeness (QED) is 0.563. The van der Waals surface area contributed by atoms with Crippen molar-refractivity contribution in [1.82, 2.24) is 10.2 Å². The average Bonchev–Trinajstić information content (AvgIpc) is 2.19. The minimum absolute atomic E-state index is 0.0304. The van der Waals surface area contributed by atoms with Crippen LogP contribution in [0.5, 0.6) is 0 Å². The van der Waals surface area contributed by atoms with Crippen LogP contribution in [0, 0.1) is 0 Å². The van der Waals surface area contributed by atoms with E-state index in [1.165, 1.54) is 6.20 Å². The summed E-state index contributed by atoms with van der Waals surface area (Å²) in [4.78, 5) is 11.0. The zero-order valence-corrected chi connectivity index (χ0v) is 8.95. The van der Waals surface area contributed by atoms with Crippen LogP contribution in [-0.4, -0.2) is 34.0 Å². The maximum Gasteiger partial charge on any atom is 0.285 e. The number of H-pyrrole nitrogens is 1. The van der Waals surface area contributed by atoms with E-state index in [0.717, 1.165) is 0 Å². The van der Waals surface area contributed by atoms with E-state index in [4.69, 9.17) is 22.4 Å². The largest absolute Gasteiger partial charge is 0.392 e. The van der Waals surface area contributed by atoms with Gasteiger partial charge in [0.15, 0.2) is 0 Å². The topological polar surface area (TPSA) is 104 Å². The first-order valence-electron chi connectivity index (χ1n) is 4.43. The molecule has 1 rings (SSSR count). The van der Waals surface area contributed by atoms with E-state index in [-0.39, 0.29) is 5.02 Å². The number of rotatable bonds is 4. The highest BCUT2D eigenvalue weighted by Crippen LogP contribution is 2.13. The predicted octanol–water partition coefficient (Wildman–Crippen LogP) is -0.457. The van der Waals surface area contributed by atoms with Gasteiger partial charge in [-0.05, 0) is 6.92 Å². The highest BCUT2D eigenvalue weighted by molar-refractivity contribution is 6.32. The Morgan fingerprint density at radius 3 is 3.07 bits per heavy atom. The molecule has 5 N–H and O–H groups in total. The molecule has 0 aliphatic rings. The number of halogens is 1. The summed E-state index contributed by atoms with van der Waals surface area (Å²) >= 11 is 5.71. The number of nitrogens with one attached hydrogen (secondary N) is 2. The number of aromatic amines is 1. The summed E-state index contributed by atoms with van der Waals surface area (Å²) in [6, 6.07) is -0.430. The average molecular weight is 233 g/mol. The lowest BCUT2D eigenvalue weighted by Gasteiger charge is -2.16. The molecule has 0 aromatic carbocycles. The van der Waals surface area contributed by atoms with E-state index in [9.17, 15) is 4.79 Å². The van der Waals surface area contributed by atoms with Gasteiger partial charge in [0.25, 0.3) is 5.56 Å². The number of hydrogen-bond acceptors (Lipinski definition) is 5. The van der Waals surface area contributed by atoms with Gasteiger partial charge >= 0.3 is 0 Å². The third kappa shape index (κ3) is 3.19. The summed E-state index contributed by atoms with van der Waals surface area (Å²) in [6.45, 7) is 1.90. The highest BCUT2D eigenvalue weighted by Gasteiger charge is 2.10. The minimum atomic E-state index is -0.633. The Hall–Kier alpha value is -1.11. The molecule has 2 atom stereocenters. The van der Waals surface area contributed by atoms with E-state index in [2.05, 4.69) is 15.5 Å². The second-order valence-electron chi connectivity index (χ2n) is 3.21. The van der Waals surface area contributed by atoms with Gasteiger partial charge in [0.05, 0.1) is 18.0 Å². The lowest BCUT2D eigenvalue weighted by Crippen LogP contribution is -2.38. The Morgan fingerprint density at radius 2 is 2.47 bits per heavy atom. The van der Waals surface area contributed by atoms with E-state index in [1.54, 1.807) is 6.92 Å². The smallest absolute Gasteiger partial charge is 0.285 e. The molecule has 0 radical (unpaired) electrons. The molecule has 7 heteroatoms. The first-order valence-corrected chi connectivity index (χ1v) is 4.81. The number of nitrogens with two attached hydrogens (primary N) is 1. The van der Waals surface area contributed by atoms with Crippen molar-refractivity contribution >= 4 is 17.3 Å². The molecule has 0 saturated carbocycles. The molecule has 2 unspecified atom stereocenters. The Labute approximate surface area is 91.4 Å². The van der Waals surface area contributed by atoms with Crippen LogP contribution in [0.3, 0.4) is 0 Å². The number of aromatic nitrogens is 2. The first kappa shape index (κ1) is 12.0. The molecule has 0 aliphatic heterocycles. The van der Waals surface area contributed by atoms with Gasteiger partial charge in [0.1, 0.15) is 5.02 Å². The summed E-state index contributed by atoms with van der Waals surface area (Å²) in [5, 5.41) is 17.8. The molecule has 6 nitrogen and oxygen atoms in total. The van der Waals surface area contributed by atoms with Crippen LogP contribution in [0.2, 0.25) is 5.02 Å². The van der Waals surface area contributed by atoms with Gasteiger partial charge in [-0.1, -0.05) is 11.6 Å². The van der Waals surface area contributed by atoms with Crippen LogP contribution in [0.4, 0.5) is 5.69 Å². The minimum Gasteiger partial charge on any atom is -0.392 e. The fourth-order valence-corrected chi connectivity index (χ4v) is 1.06. The summed E-state index contributed by atoms with van der Waals surface area (Å²) in [7, 11) is 0. The van der Waals surface area contributed by atoms with Gasteiger partial charge in [0, 0.05) is 12.6 Å². The Balaban J connectivity index is 2.66. The van der Waals surface area contributed by atoms with Crippen molar-refractivity contribution in [2.45, 2.75) is 19.1 Å². The highest BCUT2D eigenvalue weighted by atomic mass is 35.5. The maximum atomic E-state index is 11.0. The fourth-order valence-electron chi connectivity index (χ4n) is 0.905. The third-order valence-corrected chi connectivity index (χ3v) is 2.32. The summed E-state index contributed by atoms with van der Waals surface area (Å²) in [6.07, 6.45) is 0.754. The molecule has 1 aromatic rings. The van der Waals surface area contributed by atoms with Crippen molar-refractivity contribution < 1.29 is 5.11 Å². The lowest BCUT2D eigenvalue weighted by atomic mass is 10.2. The molecule has 1 aromatic heterocycles. The number of anilines is 1. The summed E-state index contributed by atoms with van der Waals surface area (Å²) in [5.74, 6) is 0. The van der Waals surface area contributed by atoms with Crippen molar-refractivity contribution in [3.8, 4) is 0 Å². The van der Waals surface area contributed by atoms with Gasteiger partial charge in [-0.2, -0.15) is 5.10 Å². The molecule has 0 bridgehead atoms. The Bertz CT molecular complexity index is 379. The van der Waals surface area contributed by atoms with E-state index in [0.29, 0.717) is 12.2 Å². The molecule has 0 aliphatic carbocycles. The van der Waals surface area contributed by atoms with Crippen molar-refractivity contribution in [1.29, 1.82) is 0 Å². The van der Waals surface area contributed by atoms with Crippen molar-refractivity contribution in [3.05, 3.63) is 21.6 Å². The van der Waals surface area contributed by atoms with Gasteiger partial charge in [-0.25, -0.2) is 5.10 Å². The van der Waals surface area contributed by atoms with Gasteiger partial charge < -0.3 is 16.2 Å². The number of aliphatic hydroxyl groups is 1. The van der Waals surface area contributed by atoms with Crippen LogP contribution in [0.15, 0.2) is 11.0 Å². The van der Waals surface area contributed by atoms with Gasteiger partial charge in [-0.15, -0.1) is 0 Å². The van der Waals surface area contributed by atoms with Crippen molar-refractivity contribution in [2.75, 3.05) is 11.9 Å². The Morgan fingerprint density at radius 1 is 1.80 bits per heavy atom. The third-order valence-electron chi connectivity index (χ3n) is 1.94. The molecule has 1 heterocycles. The van der Waals surface area contributed by atoms with Crippen LogP contribution in [-0.2, 0) is 0 Å². The zero-order valence-electron chi connectivity index (χ0n) is 8.20. The molecular formula is C8H13ClN4O2. The van der Waals surface area contributed by atoms with Crippen LogP contribution in [0.25, 0.3) is 0 Å². The van der Waals surface area contributed by atoms with E-state index < -0.39 is 17.7 Å². The van der Waals surface area contributed by atoms with Crippen LogP contribution >= 0.6 is 11.6 Å². The maximum absolute atomic E-state index is 11.0.